The first-order valence-corrected chi connectivity index (χ1v) is 11.0. The minimum Gasteiger partial charge on any atom is -0.329 e. The average Bonchev–Trinajstić information content (AvgIpc) is 1.96. The average molecular weight is 284 g/mol. The second-order valence-electron chi connectivity index (χ2n) is 6.46. The molecule has 0 aliphatic carbocycles. The summed E-state index contributed by atoms with van der Waals surface area (Å²) in [4.78, 5) is 9.43. The minimum absolute atomic E-state index is 0.226. The van der Waals surface area contributed by atoms with E-state index in [9.17, 15) is 9.46 Å². The molecule has 0 aromatic carbocycles. The van der Waals surface area contributed by atoms with Crippen LogP contribution in [0.3, 0.4) is 0 Å². The molecule has 0 aromatic rings. The Bertz CT molecular complexity index is 248. The summed E-state index contributed by atoms with van der Waals surface area (Å²) in [6.07, 6.45) is 0. The molecule has 1 unspecified atom stereocenters. The van der Waals surface area contributed by atoms with Gasteiger partial charge >= 0.3 is 7.82 Å². The third-order valence-electron chi connectivity index (χ3n) is 2.12. The lowest BCUT2D eigenvalue weighted by Gasteiger charge is -2.24. The van der Waals surface area contributed by atoms with Crippen LogP contribution >= 0.6 is 7.82 Å². The van der Waals surface area contributed by atoms with Gasteiger partial charge < -0.3 is 9.38 Å². The predicted octanol–water partition coefficient (Wildman–Crippen LogP) is 2.16. The zero-order valence-corrected chi connectivity index (χ0v) is 13.8. The molecular weight excluding hydrogens is 257 g/mol. The van der Waals surface area contributed by atoms with Gasteiger partial charge in [0.15, 0.2) is 0 Å². The Morgan fingerprint density at radius 2 is 1.59 bits per heavy atom. The molecular formula is C10H27NO4PSi+. The molecule has 0 radical (unpaired) electrons. The Kier molecular flexibility index (Phi) is 6.56. The van der Waals surface area contributed by atoms with E-state index in [2.05, 4.69) is 19.6 Å². The summed E-state index contributed by atoms with van der Waals surface area (Å²) in [6, 6.07) is 0.857. The maximum absolute atomic E-state index is 11.5. The summed E-state index contributed by atoms with van der Waals surface area (Å²) >= 11 is 0. The van der Waals surface area contributed by atoms with E-state index in [0.29, 0.717) is 17.6 Å². The summed E-state index contributed by atoms with van der Waals surface area (Å²) in [5.41, 5.74) is 0. The second-order valence-corrected chi connectivity index (χ2v) is 13.5. The van der Waals surface area contributed by atoms with Crippen molar-refractivity contribution in [3.05, 3.63) is 0 Å². The second kappa shape index (κ2) is 6.45. The zero-order chi connectivity index (χ0) is 13.7. The highest BCUT2D eigenvalue weighted by atomic mass is 31.2. The van der Waals surface area contributed by atoms with E-state index < -0.39 is 15.9 Å². The van der Waals surface area contributed by atoms with Gasteiger partial charge in [0.05, 0.1) is 27.7 Å². The molecule has 0 amide bonds. The Morgan fingerprint density at radius 3 is 2.00 bits per heavy atom. The molecule has 1 atom stereocenters. The number of phosphoric acid groups is 1. The molecule has 0 spiro atoms. The zero-order valence-electron chi connectivity index (χ0n) is 11.9. The van der Waals surface area contributed by atoms with Crippen molar-refractivity contribution in [1.29, 1.82) is 0 Å². The van der Waals surface area contributed by atoms with Crippen LogP contribution in [0.1, 0.15) is 0 Å². The highest BCUT2D eigenvalue weighted by Crippen LogP contribution is 2.43. The van der Waals surface area contributed by atoms with Crippen LogP contribution in [0.5, 0.6) is 0 Å². The molecule has 0 saturated heterocycles. The van der Waals surface area contributed by atoms with E-state index in [0.717, 1.165) is 6.04 Å². The maximum atomic E-state index is 11.5. The van der Waals surface area contributed by atoms with E-state index in [4.69, 9.17) is 9.05 Å². The number of quaternary nitrogens is 1. The molecule has 17 heavy (non-hydrogen) atoms. The van der Waals surface area contributed by atoms with E-state index >= 15 is 0 Å². The van der Waals surface area contributed by atoms with Crippen LogP contribution in [-0.4, -0.2) is 58.4 Å². The summed E-state index contributed by atoms with van der Waals surface area (Å²) in [6.45, 7) is 7.77. The quantitative estimate of drug-likeness (QED) is 0.421. The van der Waals surface area contributed by atoms with Gasteiger partial charge in [-0.05, 0) is 6.04 Å². The van der Waals surface area contributed by atoms with Crippen LogP contribution in [0.2, 0.25) is 25.7 Å². The van der Waals surface area contributed by atoms with Gasteiger partial charge in [0.2, 0.25) is 0 Å². The number of rotatable bonds is 8. The fourth-order valence-electron chi connectivity index (χ4n) is 0.935. The molecule has 0 heterocycles. The largest absolute Gasteiger partial charge is 0.472 e. The van der Waals surface area contributed by atoms with E-state index in [1.165, 1.54) is 0 Å². The van der Waals surface area contributed by atoms with Crippen LogP contribution in [0.15, 0.2) is 0 Å². The van der Waals surface area contributed by atoms with Crippen molar-refractivity contribution in [2.24, 2.45) is 0 Å². The van der Waals surface area contributed by atoms with Crippen molar-refractivity contribution in [3.8, 4) is 0 Å². The highest BCUT2D eigenvalue weighted by molar-refractivity contribution is 7.47. The van der Waals surface area contributed by atoms with Crippen molar-refractivity contribution in [2.75, 3.05) is 40.9 Å². The van der Waals surface area contributed by atoms with Crippen molar-refractivity contribution >= 4 is 15.9 Å². The van der Waals surface area contributed by atoms with Gasteiger partial charge in [-0.15, -0.1) is 0 Å². The van der Waals surface area contributed by atoms with Gasteiger partial charge in [0, 0.05) is 8.07 Å². The van der Waals surface area contributed by atoms with E-state index in [-0.39, 0.29) is 6.61 Å². The standard InChI is InChI=1S/C10H26NO4PSi/c1-11(2,3)7-8-14-16(12,13)15-9-10-17(4,5)6/h7-10H2,1-6H3/p+1. The molecule has 7 heteroatoms. The summed E-state index contributed by atoms with van der Waals surface area (Å²) in [5.74, 6) is 0. The van der Waals surface area contributed by atoms with Gasteiger partial charge in [-0.25, -0.2) is 4.57 Å². The van der Waals surface area contributed by atoms with Crippen LogP contribution < -0.4 is 0 Å². The fourth-order valence-corrected chi connectivity index (χ4v) is 2.53. The maximum Gasteiger partial charge on any atom is 0.472 e. The van der Waals surface area contributed by atoms with Gasteiger partial charge in [-0.2, -0.15) is 0 Å². The Morgan fingerprint density at radius 1 is 1.12 bits per heavy atom. The number of hydrogen-bond donors (Lipinski definition) is 1. The predicted molar refractivity (Wildman–Crippen MR) is 72.8 cm³/mol. The van der Waals surface area contributed by atoms with Crippen molar-refractivity contribution in [1.82, 2.24) is 0 Å². The third-order valence-corrected chi connectivity index (χ3v) is 4.84. The van der Waals surface area contributed by atoms with Crippen molar-refractivity contribution < 1.29 is 23.0 Å². The van der Waals surface area contributed by atoms with Crippen LogP contribution in [0.4, 0.5) is 0 Å². The topological polar surface area (TPSA) is 55.8 Å². The molecule has 104 valence electrons. The molecule has 0 saturated carbocycles. The Labute approximate surface area is 106 Å². The van der Waals surface area contributed by atoms with Gasteiger partial charge in [-0.1, -0.05) is 19.6 Å². The normalized spacial score (nSPS) is 16.9. The summed E-state index contributed by atoms with van der Waals surface area (Å²) in [7, 11) is 0.907. The Hall–Kier alpha value is 0.287. The van der Waals surface area contributed by atoms with Crippen LogP contribution in [-0.2, 0) is 13.6 Å². The van der Waals surface area contributed by atoms with E-state index in [1.807, 2.05) is 21.1 Å². The van der Waals surface area contributed by atoms with E-state index in [1.54, 1.807) is 0 Å². The highest BCUT2D eigenvalue weighted by Gasteiger charge is 2.23. The third kappa shape index (κ3) is 12.5. The minimum atomic E-state index is -3.85. The van der Waals surface area contributed by atoms with Crippen LogP contribution in [0, 0.1) is 0 Å². The first-order valence-electron chi connectivity index (χ1n) is 5.84. The fraction of sp³-hybridized carbons (Fsp3) is 1.00. The molecule has 0 aromatic heterocycles. The molecule has 1 N–H and O–H groups in total. The van der Waals surface area contributed by atoms with Gasteiger partial charge in [0.1, 0.15) is 13.2 Å². The number of nitrogens with zero attached hydrogens (tertiary/aromatic N) is 1. The van der Waals surface area contributed by atoms with Gasteiger partial charge in [-0.3, -0.25) is 9.05 Å². The van der Waals surface area contributed by atoms with Crippen molar-refractivity contribution in [2.45, 2.75) is 25.7 Å². The number of likely N-dealkylation sites (N-methyl/N-ethyl adjacent to an activating group) is 1. The monoisotopic (exact) mass is 284 g/mol. The smallest absolute Gasteiger partial charge is 0.329 e. The Balaban J connectivity index is 3.85. The number of hydrogen-bond acceptors (Lipinski definition) is 3. The molecule has 0 rings (SSSR count). The lowest BCUT2D eigenvalue weighted by Crippen LogP contribution is -2.37. The lowest BCUT2D eigenvalue weighted by molar-refractivity contribution is -0.870. The molecule has 0 fully saturated rings. The lowest BCUT2D eigenvalue weighted by atomic mass is 10.5. The first kappa shape index (κ1) is 17.3. The first-order chi connectivity index (χ1) is 7.41. The molecule has 0 aliphatic rings. The SMILES string of the molecule is C[N+](C)(C)CCOP(=O)(O)OCC[Si](C)(C)C. The van der Waals surface area contributed by atoms with Gasteiger partial charge in [0.25, 0.3) is 0 Å². The van der Waals surface area contributed by atoms with Crippen LogP contribution in [0.25, 0.3) is 0 Å². The summed E-state index contributed by atoms with van der Waals surface area (Å²) < 4.78 is 22.0. The van der Waals surface area contributed by atoms with Crippen molar-refractivity contribution in [3.63, 3.8) is 0 Å². The molecule has 0 bridgehead atoms. The summed E-state index contributed by atoms with van der Waals surface area (Å²) in [5, 5.41) is 0. The molecule has 5 nitrogen and oxygen atoms in total. The molecule has 0 aliphatic heterocycles. The number of phosphoric ester groups is 1.